The first-order valence-corrected chi connectivity index (χ1v) is 5.59. The molecule has 0 spiro atoms. The molecular formula is C13H19N3. The van der Waals surface area contributed by atoms with Crippen molar-refractivity contribution in [2.75, 3.05) is 23.7 Å². The van der Waals surface area contributed by atoms with Crippen LogP contribution < -0.4 is 10.6 Å². The van der Waals surface area contributed by atoms with E-state index in [0.717, 1.165) is 30.0 Å². The number of hydrogen-bond donors (Lipinski definition) is 1. The van der Waals surface area contributed by atoms with Crippen LogP contribution in [0.25, 0.3) is 0 Å². The number of nitrogens with two attached hydrogens (primary N) is 1. The summed E-state index contributed by atoms with van der Waals surface area (Å²) in [4.78, 5) is 2.19. The molecule has 0 radical (unpaired) electrons. The molecular weight excluding hydrogens is 198 g/mol. The van der Waals surface area contributed by atoms with Crippen LogP contribution >= 0.6 is 0 Å². The molecule has 1 aromatic rings. The van der Waals surface area contributed by atoms with Gasteiger partial charge < -0.3 is 10.6 Å². The highest BCUT2D eigenvalue weighted by Gasteiger charge is 2.11. The first-order valence-electron chi connectivity index (χ1n) is 5.59. The van der Waals surface area contributed by atoms with E-state index in [2.05, 4.69) is 24.0 Å². The summed E-state index contributed by atoms with van der Waals surface area (Å²) < 4.78 is 0. The fraction of sp³-hybridized carbons (Fsp3) is 0.462. The van der Waals surface area contributed by atoms with Gasteiger partial charge in [0.1, 0.15) is 0 Å². The number of anilines is 2. The summed E-state index contributed by atoms with van der Waals surface area (Å²) in [6.07, 6.45) is 0. The van der Waals surface area contributed by atoms with Gasteiger partial charge in [0, 0.05) is 24.5 Å². The van der Waals surface area contributed by atoms with Gasteiger partial charge in [0.05, 0.1) is 12.0 Å². The summed E-state index contributed by atoms with van der Waals surface area (Å²) >= 11 is 0. The molecule has 86 valence electrons. The van der Waals surface area contributed by atoms with Crippen LogP contribution in [0.15, 0.2) is 18.2 Å². The maximum Gasteiger partial charge on any atom is 0.0671 e. The third kappa shape index (κ3) is 2.66. The zero-order valence-corrected chi connectivity index (χ0v) is 10.2. The fourth-order valence-corrected chi connectivity index (χ4v) is 1.75. The van der Waals surface area contributed by atoms with E-state index < -0.39 is 0 Å². The predicted molar refractivity (Wildman–Crippen MR) is 68.3 cm³/mol. The van der Waals surface area contributed by atoms with Gasteiger partial charge in [-0.3, -0.25) is 0 Å². The second-order valence-corrected chi connectivity index (χ2v) is 4.06. The summed E-state index contributed by atoms with van der Waals surface area (Å²) in [5, 5.41) is 8.85. The van der Waals surface area contributed by atoms with E-state index in [1.54, 1.807) is 0 Å². The molecule has 0 fully saturated rings. The van der Waals surface area contributed by atoms with Crippen molar-refractivity contribution in [3.05, 3.63) is 23.8 Å². The molecule has 1 atom stereocenters. The minimum Gasteiger partial charge on any atom is -0.398 e. The SMILES string of the molecule is CCN(CC(C)C#N)c1cccc(N)c1C. The van der Waals surface area contributed by atoms with Crippen molar-refractivity contribution in [2.24, 2.45) is 5.92 Å². The van der Waals surface area contributed by atoms with Gasteiger partial charge in [-0.05, 0) is 38.5 Å². The molecule has 1 aromatic carbocycles. The standard InChI is InChI=1S/C13H19N3/c1-4-16(9-10(2)8-14)13-7-5-6-12(15)11(13)3/h5-7,10H,4,9,15H2,1-3H3. The summed E-state index contributed by atoms with van der Waals surface area (Å²) in [5.41, 5.74) is 8.91. The molecule has 0 aromatic heterocycles. The van der Waals surface area contributed by atoms with E-state index in [-0.39, 0.29) is 5.92 Å². The minimum absolute atomic E-state index is 0.0285. The van der Waals surface area contributed by atoms with E-state index in [0.29, 0.717) is 0 Å². The Bertz CT molecular complexity index is 393. The second-order valence-electron chi connectivity index (χ2n) is 4.06. The van der Waals surface area contributed by atoms with Crippen molar-refractivity contribution in [3.63, 3.8) is 0 Å². The van der Waals surface area contributed by atoms with Gasteiger partial charge in [-0.15, -0.1) is 0 Å². The molecule has 0 saturated carbocycles. The quantitative estimate of drug-likeness (QED) is 0.789. The molecule has 0 aliphatic rings. The van der Waals surface area contributed by atoms with Crippen LogP contribution in [0.2, 0.25) is 0 Å². The first kappa shape index (κ1) is 12.4. The number of nitrogen functional groups attached to an aromatic ring is 1. The summed E-state index contributed by atoms with van der Waals surface area (Å²) in [6.45, 7) is 7.68. The zero-order valence-electron chi connectivity index (χ0n) is 10.2. The van der Waals surface area contributed by atoms with Crippen molar-refractivity contribution < 1.29 is 0 Å². The largest absolute Gasteiger partial charge is 0.398 e. The van der Waals surface area contributed by atoms with E-state index in [4.69, 9.17) is 11.0 Å². The molecule has 1 unspecified atom stereocenters. The molecule has 3 heteroatoms. The Morgan fingerprint density at radius 2 is 2.19 bits per heavy atom. The molecule has 3 nitrogen and oxygen atoms in total. The molecule has 1 rings (SSSR count). The highest BCUT2D eigenvalue weighted by Crippen LogP contribution is 2.25. The van der Waals surface area contributed by atoms with Gasteiger partial charge in [0.25, 0.3) is 0 Å². The molecule has 0 aliphatic carbocycles. The lowest BCUT2D eigenvalue weighted by Gasteiger charge is -2.26. The van der Waals surface area contributed by atoms with Gasteiger partial charge in [0.15, 0.2) is 0 Å². The Balaban J connectivity index is 2.96. The zero-order chi connectivity index (χ0) is 12.1. The van der Waals surface area contributed by atoms with E-state index in [9.17, 15) is 0 Å². The highest BCUT2D eigenvalue weighted by atomic mass is 15.1. The summed E-state index contributed by atoms with van der Waals surface area (Å²) in [7, 11) is 0. The lowest BCUT2D eigenvalue weighted by Crippen LogP contribution is -2.28. The number of benzene rings is 1. The molecule has 0 bridgehead atoms. The number of nitrogens with zero attached hydrogens (tertiary/aromatic N) is 2. The summed E-state index contributed by atoms with van der Waals surface area (Å²) in [5.74, 6) is 0.0285. The van der Waals surface area contributed by atoms with E-state index in [1.165, 1.54) is 0 Å². The van der Waals surface area contributed by atoms with Crippen LogP contribution in [0.5, 0.6) is 0 Å². The molecule has 0 amide bonds. The first-order chi connectivity index (χ1) is 7.60. The number of rotatable bonds is 4. The van der Waals surface area contributed by atoms with E-state index >= 15 is 0 Å². The second kappa shape index (κ2) is 5.41. The van der Waals surface area contributed by atoms with Crippen LogP contribution in [-0.4, -0.2) is 13.1 Å². The molecule has 16 heavy (non-hydrogen) atoms. The average Bonchev–Trinajstić information content (AvgIpc) is 2.29. The van der Waals surface area contributed by atoms with Gasteiger partial charge in [-0.25, -0.2) is 0 Å². The van der Waals surface area contributed by atoms with Gasteiger partial charge in [-0.1, -0.05) is 6.07 Å². The maximum atomic E-state index is 8.85. The predicted octanol–water partition coefficient (Wildman–Crippen LogP) is 2.56. The smallest absolute Gasteiger partial charge is 0.0671 e. The van der Waals surface area contributed by atoms with Crippen molar-refractivity contribution in [1.82, 2.24) is 0 Å². The average molecular weight is 217 g/mol. The number of nitriles is 1. The fourth-order valence-electron chi connectivity index (χ4n) is 1.75. The van der Waals surface area contributed by atoms with Crippen LogP contribution in [0.3, 0.4) is 0 Å². The Hall–Kier alpha value is -1.69. The Kier molecular flexibility index (Phi) is 4.19. The normalized spacial score (nSPS) is 11.9. The van der Waals surface area contributed by atoms with Gasteiger partial charge in [0.2, 0.25) is 0 Å². The Morgan fingerprint density at radius 3 is 2.75 bits per heavy atom. The highest BCUT2D eigenvalue weighted by molar-refractivity contribution is 5.64. The molecule has 0 saturated heterocycles. The maximum absolute atomic E-state index is 8.85. The molecule has 0 heterocycles. The minimum atomic E-state index is 0.0285. The van der Waals surface area contributed by atoms with Crippen molar-refractivity contribution in [1.29, 1.82) is 5.26 Å². The van der Waals surface area contributed by atoms with Crippen molar-refractivity contribution in [3.8, 4) is 6.07 Å². The Labute approximate surface area is 97.5 Å². The summed E-state index contributed by atoms with van der Waals surface area (Å²) in [6, 6.07) is 8.17. The molecule has 2 N–H and O–H groups in total. The third-order valence-electron chi connectivity index (χ3n) is 2.78. The monoisotopic (exact) mass is 217 g/mol. The van der Waals surface area contributed by atoms with Crippen LogP contribution in [0.4, 0.5) is 11.4 Å². The van der Waals surface area contributed by atoms with Crippen molar-refractivity contribution in [2.45, 2.75) is 20.8 Å². The van der Waals surface area contributed by atoms with Crippen LogP contribution in [0, 0.1) is 24.2 Å². The lowest BCUT2D eigenvalue weighted by molar-refractivity contribution is 0.685. The van der Waals surface area contributed by atoms with E-state index in [1.807, 2.05) is 26.0 Å². The van der Waals surface area contributed by atoms with Crippen LogP contribution in [-0.2, 0) is 0 Å². The van der Waals surface area contributed by atoms with Crippen LogP contribution in [0.1, 0.15) is 19.4 Å². The van der Waals surface area contributed by atoms with Crippen molar-refractivity contribution >= 4 is 11.4 Å². The lowest BCUT2D eigenvalue weighted by atomic mass is 10.1. The van der Waals surface area contributed by atoms with Gasteiger partial charge in [-0.2, -0.15) is 5.26 Å². The Morgan fingerprint density at radius 1 is 1.50 bits per heavy atom. The third-order valence-corrected chi connectivity index (χ3v) is 2.78. The number of hydrogen-bond acceptors (Lipinski definition) is 3. The topological polar surface area (TPSA) is 53.0 Å². The molecule has 0 aliphatic heterocycles. The van der Waals surface area contributed by atoms with Gasteiger partial charge >= 0.3 is 0 Å².